The molecule has 1 aliphatic carbocycles. The van der Waals surface area contributed by atoms with E-state index in [1.165, 1.54) is 29.3 Å². The highest BCUT2D eigenvalue weighted by Crippen LogP contribution is 2.44. The Bertz CT molecular complexity index is 1460. The van der Waals surface area contributed by atoms with Crippen LogP contribution < -0.4 is 0 Å². The Morgan fingerprint density at radius 3 is 2.23 bits per heavy atom. The lowest BCUT2D eigenvalue weighted by Gasteiger charge is -2.29. The second-order valence-corrected chi connectivity index (χ2v) is 9.38. The molecule has 1 amide bonds. The van der Waals surface area contributed by atoms with Crippen LogP contribution in [0, 0.1) is 17.6 Å². The summed E-state index contributed by atoms with van der Waals surface area (Å²) in [7, 11) is 0. The smallest absolute Gasteiger partial charge is 0.338 e. The van der Waals surface area contributed by atoms with E-state index in [-0.39, 0.29) is 17.3 Å². The third-order valence-corrected chi connectivity index (χ3v) is 6.81. The molecule has 2 aliphatic rings. The number of amides is 1. The van der Waals surface area contributed by atoms with E-state index >= 15 is 0 Å². The van der Waals surface area contributed by atoms with Crippen LogP contribution >= 0.6 is 0 Å². The van der Waals surface area contributed by atoms with E-state index in [0.29, 0.717) is 17.7 Å². The average molecular weight is 535 g/mol. The van der Waals surface area contributed by atoms with E-state index in [4.69, 9.17) is 4.74 Å². The van der Waals surface area contributed by atoms with Gasteiger partial charge in [-0.05, 0) is 78.4 Å². The number of hydrogen-bond donors (Lipinski definition) is 3. The van der Waals surface area contributed by atoms with Crippen molar-refractivity contribution < 1.29 is 38.4 Å². The van der Waals surface area contributed by atoms with E-state index < -0.39 is 47.6 Å². The third kappa shape index (κ3) is 5.31. The molecule has 1 saturated carbocycles. The van der Waals surface area contributed by atoms with Gasteiger partial charge in [-0.1, -0.05) is 24.3 Å². The van der Waals surface area contributed by atoms with Crippen LogP contribution in [0.4, 0.5) is 8.78 Å². The Morgan fingerprint density at radius 1 is 0.974 bits per heavy atom. The molecule has 2 unspecified atom stereocenters. The van der Waals surface area contributed by atoms with Crippen molar-refractivity contribution in [2.24, 2.45) is 11.0 Å². The topological polar surface area (TPSA) is 120 Å². The van der Waals surface area contributed by atoms with Crippen molar-refractivity contribution in [3.05, 3.63) is 94.6 Å². The van der Waals surface area contributed by atoms with Crippen LogP contribution in [0.3, 0.4) is 0 Å². The molecule has 3 aromatic carbocycles. The zero-order chi connectivity index (χ0) is 27.7. The van der Waals surface area contributed by atoms with Crippen molar-refractivity contribution in [2.45, 2.75) is 25.3 Å². The number of allylic oxidation sites excluding steroid dienone is 1. The molecule has 10 heteroatoms. The summed E-state index contributed by atoms with van der Waals surface area (Å²) in [6.45, 7) is -0.695. The summed E-state index contributed by atoms with van der Waals surface area (Å²) in [5, 5.41) is 34.7. The van der Waals surface area contributed by atoms with E-state index in [0.717, 1.165) is 36.1 Å². The van der Waals surface area contributed by atoms with E-state index in [2.05, 4.69) is 5.10 Å². The van der Waals surface area contributed by atoms with Gasteiger partial charge in [-0.2, -0.15) is 5.10 Å². The minimum absolute atomic E-state index is 0.193. The summed E-state index contributed by atoms with van der Waals surface area (Å²) < 4.78 is 32.2. The highest BCUT2D eigenvalue weighted by Gasteiger charge is 2.43. The van der Waals surface area contributed by atoms with Gasteiger partial charge in [0.05, 0.1) is 17.3 Å². The zero-order valence-corrected chi connectivity index (χ0v) is 20.6. The van der Waals surface area contributed by atoms with Gasteiger partial charge < -0.3 is 20.1 Å². The second kappa shape index (κ2) is 10.6. The molecule has 1 fully saturated rings. The predicted molar refractivity (Wildman–Crippen MR) is 137 cm³/mol. The summed E-state index contributed by atoms with van der Waals surface area (Å²) in [5.74, 6) is -4.84. The van der Waals surface area contributed by atoms with Gasteiger partial charge in [0, 0.05) is 5.92 Å². The first-order chi connectivity index (χ1) is 18.7. The van der Waals surface area contributed by atoms with Gasteiger partial charge in [0.2, 0.25) is 0 Å². The molecule has 5 rings (SSSR count). The lowest BCUT2D eigenvalue weighted by atomic mass is 9.77. The minimum Gasteiger partial charge on any atom is -0.504 e. The number of fused-ring (bicyclic) bond motifs is 1. The standard InChI is InChI=1S/C29H24F2N2O6/c30-20-8-4-16(5-9-20)12-18-2-1-3-22-26(18)32-33(27(22)17-6-10-21(31)11-7-17)25(36)15-39-29(38)19-13-23(34)28(37)24(35)14-19/h4-14,22,27,34-35,37H,1-3,15H2. The number of aromatic hydroxyl groups is 3. The fourth-order valence-electron chi connectivity index (χ4n) is 4.96. The number of halogens is 2. The molecule has 8 nitrogen and oxygen atoms in total. The number of esters is 1. The van der Waals surface area contributed by atoms with Crippen molar-refractivity contribution in [2.75, 3.05) is 6.61 Å². The molecule has 0 saturated heterocycles. The van der Waals surface area contributed by atoms with Crippen molar-refractivity contribution in [3.8, 4) is 17.2 Å². The molecule has 0 aromatic heterocycles. The number of hydrazone groups is 1. The molecule has 200 valence electrons. The van der Waals surface area contributed by atoms with Gasteiger partial charge in [-0.25, -0.2) is 18.6 Å². The Morgan fingerprint density at radius 2 is 1.59 bits per heavy atom. The molecule has 0 radical (unpaired) electrons. The lowest BCUT2D eigenvalue weighted by molar-refractivity contribution is -0.137. The number of phenolic OH excluding ortho intramolecular Hbond substituents is 3. The largest absolute Gasteiger partial charge is 0.504 e. The lowest BCUT2D eigenvalue weighted by Crippen LogP contribution is -2.34. The summed E-state index contributed by atoms with van der Waals surface area (Å²) in [6.07, 6.45) is 4.15. The van der Waals surface area contributed by atoms with Gasteiger partial charge >= 0.3 is 5.97 Å². The maximum Gasteiger partial charge on any atom is 0.338 e. The quantitative estimate of drug-likeness (QED) is 0.311. The van der Waals surface area contributed by atoms with Crippen LogP contribution in [-0.4, -0.2) is 44.5 Å². The highest BCUT2D eigenvalue weighted by atomic mass is 19.1. The van der Waals surface area contributed by atoms with Crippen LogP contribution in [0.1, 0.15) is 46.8 Å². The van der Waals surface area contributed by atoms with Gasteiger partial charge in [0.1, 0.15) is 11.6 Å². The zero-order valence-electron chi connectivity index (χ0n) is 20.6. The van der Waals surface area contributed by atoms with Crippen molar-refractivity contribution in [3.63, 3.8) is 0 Å². The summed E-state index contributed by atoms with van der Waals surface area (Å²) in [5.41, 5.74) is 2.76. The van der Waals surface area contributed by atoms with Crippen LogP contribution in [0.15, 0.2) is 71.3 Å². The van der Waals surface area contributed by atoms with E-state index in [9.17, 15) is 33.7 Å². The van der Waals surface area contributed by atoms with E-state index in [1.807, 2.05) is 6.08 Å². The van der Waals surface area contributed by atoms with Crippen LogP contribution in [0.2, 0.25) is 0 Å². The van der Waals surface area contributed by atoms with Crippen LogP contribution in [0.5, 0.6) is 17.2 Å². The number of ether oxygens (including phenoxy) is 1. The molecule has 3 aromatic rings. The van der Waals surface area contributed by atoms with E-state index in [1.54, 1.807) is 24.3 Å². The molecular formula is C29H24F2N2O6. The average Bonchev–Trinajstić information content (AvgIpc) is 3.32. The molecule has 0 bridgehead atoms. The number of nitrogens with zero attached hydrogens (tertiary/aromatic N) is 2. The van der Waals surface area contributed by atoms with Crippen molar-refractivity contribution in [1.29, 1.82) is 0 Å². The summed E-state index contributed by atoms with van der Waals surface area (Å²) in [4.78, 5) is 25.8. The maximum atomic E-state index is 13.7. The number of phenols is 3. The molecule has 3 N–H and O–H groups in total. The maximum absolute atomic E-state index is 13.7. The first kappa shape index (κ1) is 25.9. The number of rotatable bonds is 5. The van der Waals surface area contributed by atoms with Gasteiger partial charge in [-0.3, -0.25) is 4.79 Å². The molecule has 1 aliphatic heterocycles. The molecule has 0 spiro atoms. The van der Waals surface area contributed by atoms with Crippen molar-refractivity contribution in [1.82, 2.24) is 5.01 Å². The Kier molecular flexibility index (Phi) is 7.02. The number of carbonyl (C=O) groups is 2. The summed E-state index contributed by atoms with van der Waals surface area (Å²) >= 11 is 0. The minimum atomic E-state index is -1.01. The third-order valence-electron chi connectivity index (χ3n) is 6.81. The number of benzene rings is 3. The SMILES string of the molecule is O=C(OCC(=O)N1N=C2C(=Cc3ccc(F)cc3)CCCC2C1c1ccc(F)cc1)c1cc(O)c(O)c(O)c1. The van der Waals surface area contributed by atoms with Gasteiger partial charge in [0.15, 0.2) is 23.9 Å². The fourth-order valence-corrected chi connectivity index (χ4v) is 4.96. The highest BCUT2D eigenvalue weighted by molar-refractivity contribution is 6.08. The molecule has 39 heavy (non-hydrogen) atoms. The Labute approximate surface area is 222 Å². The second-order valence-electron chi connectivity index (χ2n) is 9.38. The van der Waals surface area contributed by atoms with Crippen molar-refractivity contribution >= 4 is 23.7 Å². The molecular weight excluding hydrogens is 510 g/mol. The van der Waals surface area contributed by atoms with Crippen LogP contribution in [-0.2, 0) is 9.53 Å². The number of carbonyl (C=O) groups excluding carboxylic acids is 2. The van der Waals surface area contributed by atoms with Gasteiger partial charge in [0.25, 0.3) is 5.91 Å². The first-order valence-corrected chi connectivity index (χ1v) is 12.3. The van der Waals surface area contributed by atoms with Gasteiger partial charge in [-0.15, -0.1) is 0 Å². The Balaban J connectivity index is 1.43. The normalized spacial score (nSPS) is 19.5. The Hall–Kier alpha value is -4.73. The van der Waals surface area contributed by atoms with Crippen LogP contribution in [0.25, 0.3) is 6.08 Å². The fraction of sp³-hybridized carbons (Fsp3) is 0.207. The molecule has 2 atom stereocenters. The first-order valence-electron chi connectivity index (χ1n) is 12.3. The predicted octanol–water partition coefficient (Wildman–Crippen LogP) is 5.06. The monoisotopic (exact) mass is 534 g/mol. The summed E-state index contributed by atoms with van der Waals surface area (Å²) in [6, 6.07) is 13.1. The number of hydrogen-bond acceptors (Lipinski definition) is 7. The molecule has 1 heterocycles.